The minimum absolute atomic E-state index is 0.0597. The number of ether oxygens (including phenoxy) is 1. The molecule has 0 aliphatic heterocycles. The number of nitrogens with two attached hydrogens (primary N) is 1. The Labute approximate surface area is 210 Å². The maximum Gasteiger partial charge on any atom is 0.412 e. The fraction of sp³-hybridized carbons (Fsp3) is 0.538. The van der Waals surface area contributed by atoms with Crippen molar-refractivity contribution in [2.75, 3.05) is 17.7 Å². The minimum atomic E-state index is -2.03. The molecule has 0 spiro atoms. The van der Waals surface area contributed by atoms with Crippen molar-refractivity contribution in [1.29, 1.82) is 0 Å². The van der Waals surface area contributed by atoms with Gasteiger partial charge in [0.1, 0.15) is 22.9 Å². The smallest absolute Gasteiger partial charge is 0.412 e. The highest BCUT2D eigenvalue weighted by Crippen LogP contribution is 2.40. The fourth-order valence-electron chi connectivity index (χ4n) is 2.97. The number of amides is 1. The second-order valence-electron chi connectivity index (χ2n) is 10.2. The number of para-hydroxylation sites is 1. The van der Waals surface area contributed by atoms with Crippen LogP contribution in [0.3, 0.4) is 0 Å². The molecule has 1 heterocycles. The Morgan fingerprint density at radius 1 is 1.00 bits per heavy atom. The molecule has 0 aliphatic carbocycles. The maximum absolute atomic E-state index is 12.0. The van der Waals surface area contributed by atoms with Crippen molar-refractivity contribution in [3.05, 3.63) is 36.4 Å². The maximum atomic E-state index is 12.0. The van der Waals surface area contributed by atoms with Gasteiger partial charge in [-0.15, -0.1) is 10.2 Å². The fourth-order valence-corrected chi connectivity index (χ4v) is 4.00. The number of hydrogen-bond acceptors (Lipinski definition) is 7. The first kappa shape index (κ1) is 28.3. The standard InChI is InChI=1S/C26H41N5O3Si/c1-7-8-9-10-11-14-19-33-25(32)29-23-18-17-21(24(27)28-23)31-30-20-15-12-13-16-22(20)34-35(5,6)26(2,3)4/h12-13,15-18H,7-11,14,19H2,1-6H3,(H3,27,28,29,32)/b31-30+. The molecule has 3 N–H and O–H groups in total. The van der Waals surface area contributed by atoms with Gasteiger partial charge in [-0.1, -0.05) is 71.9 Å². The molecular formula is C26H41N5O3Si. The van der Waals surface area contributed by atoms with Gasteiger partial charge in [-0.3, -0.25) is 5.32 Å². The van der Waals surface area contributed by atoms with E-state index < -0.39 is 14.4 Å². The van der Waals surface area contributed by atoms with E-state index in [0.717, 1.165) is 12.8 Å². The molecule has 0 fully saturated rings. The molecule has 1 aromatic heterocycles. The van der Waals surface area contributed by atoms with Crippen LogP contribution < -0.4 is 15.5 Å². The molecular weight excluding hydrogens is 458 g/mol. The number of benzene rings is 1. The van der Waals surface area contributed by atoms with Gasteiger partial charge in [-0.25, -0.2) is 9.78 Å². The number of unbranched alkanes of at least 4 members (excludes halogenated alkanes) is 5. The van der Waals surface area contributed by atoms with E-state index in [0.29, 0.717) is 29.5 Å². The van der Waals surface area contributed by atoms with Crippen LogP contribution in [0.5, 0.6) is 5.75 Å². The molecule has 0 saturated carbocycles. The molecule has 0 bridgehead atoms. The highest BCUT2D eigenvalue weighted by atomic mass is 28.4. The van der Waals surface area contributed by atoms with Gasteiger partial charge < -0.3 is 14.9 Å². The SMILES string of the molecule is CCCCCCCCOC(=O)Nc1ccc(/N=N/c2ccccc2O[Si](C)(C)C(C)(C)C)c(N)n1. The summed E-state index contributed by atoms with van der Waals surface area (Å²) in [5, 5.41) is 11.3. The van der Waals surface area contributed by atoms with Crippen LogP contribution in [0.1, 0.15) is 66.2 Å². The molecule has 1 amide bonds. The topological polar surface area (TPSA) is 111 Å². The first-order valence-corrected chi connectivity index (χ1v) is 15.3. The van der Waals surface area contributed by atoms with Gasteiger partial charge in [-0.2, -0.15) is 0 Å². The molecule has 9 heteroatoms. The van der Waals surface area contributed by atoms with Gasteiger partial charge >= 0.3 is 6.09 Å². The van der Waals surface area contributed by atoms with Crippen LogP contribution in [0.15, 0.2) is 46.6 Å². The number of pyridine rings is 1. The van der Waals surface area contributed by atoms with Crippen molar-refractivity contribution < 1.29 is 14.0 Å². The number of nitrogens with one attached hydrogen (secondary N) is 1. The summed E-state index contributed by atoms with van der Waals surface area (Å²) in [5.41, 5.74) is 7.08. The zero-order chi connectivity index (χ0) is 25.9. The van der Waals surface area contributed by atoms with Crippen LogP contribution in [-0.2, 0) is 4.74 Å². The molecule has 0 unspecified atom stereocenters. The van der Waals surface area contributed by atoms with Crippen molar-refractivity contribution in [1.82, 2.24) is 4.98 Å². The van der Waals surface area contributed by atoms with Gasteiger partial charge in [0.05, 0.1) is 6.61 Å². The predicted molar refractivity (Wildman–Crippen MR) is 145 cm³/mol. The number of azo groups is 1. The van der Waals surface area contributed by atoms with E-state index in [9.17, 15) is 4.79 Å². The largest absolute Gasteiger partial charge is 0.542 e. The monoisotopic (exact) mass is 499 g/mol. The normalized spacial score (nSPS) is 12.1. The molecule has 1 aromatic carbocycles. The zero-order valence-corrected chi connectivity index (χ0v) is 23.1. The predicted octanol–water partition coefficient (Wildman–Crippen LogP) is 8.37. The van der Waals surface area contributed by atoms with E-state index in [4.69, 9.17) is 14.9 Å². The van der Waals surface area contributed by atoms with Gasteiger partial charge in [0.15, 0.2) is 5.82 Å². The molecule has 2 rings (SSSR count). The number of nitrogens with zero attached hydrogens (tertiary/aromatic N) is 3. The van der Waals surface area contributed by atoms with Gasteiger partial charge in [-0.05, 0) is 48.8 Å². The molecule has 0 saturated heterocycles. The highest BCUT2D eigenvalue weighted by Gasteiger charge is 2.39. The van der Waals surface area contributed by atoms with Crippen molar-refractivity contribution in [2.45, 2.75) is 84.4 Å². The first-order valence-electron chi connectivity index (χ1n) is 12.4. The van der Waals surface area contributed by atoms with E-state index in [1.165, 1.54) is 25.7 Å². The number of rotatable bonds is 12. The summed E-state index contributed by atoms with van der Waals surface area (Å²) in [6.45, 7) is 13.5. The highest BCUT2D eigenvalue weighted by molar-refractivity contribution is 6.74. The van der Waals surface area contributed by atoms with E-state index >= 15 is 0 Å². The summed E-state index contributed by atoms with van der Waals surface area (Å²) in [4.78, 5) is 16.2. The molecule has 8 nitrogen and oxygen atoms in total. The summed E-state index contributed by atoms with van der Waals surface area (Å²) >= 11 is 0. The third-order valence-corrected chi connectivity index (χ3v) is 10.5. The van der Waals surface area contributed by atoms with E-state index in [1.54, 1.807) is 12.1 Å². The number of nitrogen functional groups attached to an aromatic ring is 1. The average molecular weight is 500 g/mol. The van der Waals surface area contributed by atoms with Crippen molar-refractivity contribution in [3.63, 3.8) is 0 Å². The van der Waals surface area contributed by atoms with Crippen molar-refractivity contribution in [3.8, 4) is 5.75 Å². The van der Waals surface area contributed by atoms with Crippen LogP contribution in [-0.4, -0.2) is 26.0 Å². The molecule has 0 aliphatic rings. The van der Waals surface area contributed by atoms with Crippen LogP contribution in [0.4, 0.5) is 27.8 Å². The zero-order valence-electron chi connectivity index (χ0n) is 22.1. The minimum Gasteiger partial charge on any atom is -0.542 e. The number of hydrogen-bond donors (Lipinski definition) is 2. The quantitative estimate of drug-likeness (QED) is 0.173. The first-order chi connectivity index (χ1) is 16.5. The number of carbonyl (C=O) groups excluding carboxylic acids is 1. The summed E-state index contributed by atoms with van der Waals surface area (Å²) < 4.78 is 11.6. The second kappa shape index (κ2) is 13.2. The third kappa shape index (κ3) is 9.31. The Morgan fingerprint density at radius 3 is 2.34 bits per heavy atom. The summed E-state index contributed by atoms with van der Waals surface area (Å²) in [6.07, 6.45) is 6.23. The lowest BCUT2D eigenvalue weighted by atomic mass is 10.1. The number of carbonyl (C=O) groups is 1. The van der Waals surface area contributed by atoms with Crippen LogP contribution in [0.2, 0.25) is 18.1 Å². The van der Waals surface area contributed by atoms with Crippen molar-refractivity contribution >= 4 is 37.4 Å². The lowest BCUT2D eigenvalue weighted by Crippen LogP contribution is -2.43. The molecule has 2 aromatic rings. The number of aromatic nitrogens is 1. The van der Waals surface area contributed by atoms with Crippen LogP contribution >= 0.6 is 0 Å². The lowest BCUT2D eigenvalue weighted by molar-refractivity contribution is 0.159. The van der Waals surface area contributed by atoms with Gasteiger partial charge in [0.25, 0.3) is 8.32 Å². The lowest BCUT2D eigenvalue weighted by Gasteiger charge is -2.36. The van der Waals surface area contributed by atoms with Gasteiger partial charge in [0, 0.05) is 0 Å². The number of anilines is 2. The van der Waals surface area contributed by atoms with E-state index in [2.05, 4.69) is 61.3 Å². The van der Waals surface area contributed by atoms with Crippen LogP contribution in [0, 0.1) is 0 Å². The summed E-state index contributed by atoms with van der Waals surface area (Å²) in [5.74, 6) is 1.15. The molecule has 35 heavy (non-hydrogen) atoms. The Kier molecular flexibility index (Phi) is 10.7. The Hall–Kier alpha value is -2.94. The summed E-state index contributed by atoms with van der Waals surface area (Å²) in [7, 11) is -2.03. The molecule has 192 valence electrons. The van der Waals surface area contributed by atoms with Crippen molar-refractivity contribution in [2.24, 2.45) is 10.2 Å². The Bertz CT molecular complexity index is 989. The summed E-state index contributed by atoms with van der Waals surface area (Å²) in [6, 6.07) is 10.8. The second-order valence-corrected chi connectivity index (χ2v) is 14.9. The third-order valence-electron chi connectivity index (χ3n) is 6.17. The van der Waals surface area contributed by atoms with E-state index in [-0.39, 0.29) is 10.9 Å². The van der Waals surface area contributed by atoms with Crippen LogP contribution in [0.25, 0.3) is 0 Å². The Morgan fingerprint density at radius 2 is 1.66 bits per heavy atom. The van der Waals surface area contributed by atoms with Gasteiger partial charge in [0.2, 0.25) is 0 Å². The molecule has 0 atom stereocenters. The Balaban J connectivity index is 1.96. The average Bonchev–Trinajstić information content (AvgIpc) is 2.78. The molecule has 0 radical (unpaired) electrons. The van der Waals surface area contributed by atoms with E-state index in [1.807, 2.05) is 24.3 Å².